The molecule has 0 bridgehead atoms. The highest BCUT2D eigenvalue weighted by molar-refractivity contribution is 5.84. The average molecular weight is 375 g/mol. The molecular formula is C18H25N5O4. The second kappa shape index (κ2) is 9.73. The van der Waals surface area contributed by atoms with E-state index in [4.69, 9.17) is 5.11 Å². The molecule has 9 nitrogen and oxygen atoms in total. The normalized spacial score (nSPS) is 15.9. The number of hydrogen-bond acceptors (Lipinski definition) is 7. The quantitative estimate of drug-likeness (QED) is 0.310. The Hall–Kier alpha value is -2.86. The molecule has 1 aliphatic carbocycles. The zero-order valence-electron chi connectivity index (χ0n) is 15.2. The van der Waals surface area contributed by atoms with Gasteiger partial charge in [-0.15, -0.1) is 0 Å². The van der Waals surface area contributed by atoms with Crippen molar-refractivity contribution in [3.8, 4) is 6.07 Å². The van der Waals surface area contributed by atoms with E-state index < -0.39 is 10.5 Å². The van der Waals surface area contributed by atoms with Crippen molar-refractivity contribution in [1.29, 1.82) is 5.26 Å². The Balaban J connectivity index is 2.05. The average Bonchev–Trinajstić information content (AvgIpc) is 2.90. The Bertz CT molecular complexity index is 708. The number of anilines is 2. The first kappa shape index (κ1) is 20.5. The van der Waals surface area contributed by atoms with E-state index in [0.29, 0.717) is 24.2 Å². The molecule has 0 saturated heterocycles. The van der Waals surface area contributed by atoms with Gasteiger partial charge < -0.3 is 21.1 Å². The van der Waals surface area contributed by atoms with Crippen LogP contribution in [0.4, 0.5) is 17.1 Å². The predicted octanol–water partition coefficient (Wildman–Crippen LogP) is 2.14. The van der Waals surface area contributed by atoms with E-state index in [1.807, 2.05) is 0 Å². The molecule has 1 saturated carbocycles. The number of nitrogens with zero attached hydrogens (tertiary/aromatic N) is 2. The first-order chi connectivity index (χ1) is 13.0. The Labute approximate surface area is 157 Å². The van der Waals surface area contributed by atoms with E-state index in [1.54, 1.807) is 0 Å². The first-order valence-corrected chi connectivity index (χ1v) is 9.09. The molecule has 0 radical (unpaired) electrons. The molecule has 1 fully saturated rings. The highest BCUT2D eigenvalue weighted by atomic mass is 16.6. The van der Waals surface area contributed by atoms with Crippen LogP contribution in [0.5, 0.6) is 0 Å². The van der Waals surface area contributed by atoms with Crippen molar-refractivity contribution >= 4 is 23.0 Å². The fraction of sp³-hybridized carbons (Fsp3) is 0.556. The second-order valence-corrected chi connectivity index (χ2v) is 6.65. The number of rotatable bonds is 8. The fourth-order valence-electron chi connectivity index (χ4n) is 3.22. The topological polar surface area (TPSA) is 140 Å². The summed E-state index contributed by atoms with van der Waals surface area (Å²) in [6.45, 7) is 0.0657. The minimum absolute atomic E-state index is 0.0956. The number of aliphatic hydroxyl groups is 1. The SMILES string of the molecule is N#CC1(NC(=O)CNc2cc([N+](=O)[O-])ccc2NCCO)CCCCCC1. The van der Waals surface area contributed by atoms with Crippen LogP contribution in [0.3, 0.4) is 0 Å². The number of nitriles is 1. The Morgan fingerprint density at radius 1 is 1.22 bits per heavy atom. The summed E-state index contributed by atoms with van der Waals surface area (Å²) in [6, 6.07) is 6.47. The third-order valence-corrected chi connectivity index (χ3v) is 4.63. The van der Waals surface area contributed by atoms with Gasteiger partial charge in [0.15, 0.2) is 0 Å². The summed E-state index contributed by atoms with van der Waals surface area (Å²) < 4.78 is 0. The van der Waals surface area contributed by atoms with E-state index in [2.05, 4.69) is 22.0 Å². The highest BCUT2D eigenvalue weighted by Gasteiger charge is 2.32. The lowest BCUT2D eigenvalue weighted by molar-refractivity contribution is -0.384. The minimum Gasteiger partial charge on any atom is -0.395 e. The summed E-state index contributed by atoms with van der Waals surface area (Å²) in [4.78, 5) is 22.9. The van der Waals surface area contributed by atoms with Crippen LogP contribution < -0.4 is 16.0 Å². The smallest absolute Gasteiger partial charge is 0.271 e. The Morgan fingerprint density at radius 3 is 2.52 bits per heavy atom. The molecule has 4 N–H and O–H groups in total. The van der Waals surface area contributed by atoms with Crippen molar-refractivity contribution in [2.45, 2.75) is 44.1 Å². The van der Waals surface area contributed by atoms with Crippen molar-refractivity contribution in [3.05, 3.63) is 28.3 Å². The second-order valence-electron chi connectivity index (χ2n) is 6.65. The number of carbonyl (C=O) groups is 1. The number of amides is 1. The standard InChI is InChI=1S/C18H25N5O4/c19-13-18(7-3-1-2-4-8-18)22-17(25)12-21-16-11-14(23(26)27)5-6-15(16)20-9-10-24/h5-6,11,20-21,24H,1-4,7-10,12H2,(H,22,25). The van der Waals surface area contributed by atoms with Crippen molar-refractivity contribution < 1.29 is 14.8 Å². The lowest BCUT2D eigenvalue weighted by atomic mass is 9.92. The molecule has 0 heterocycles. The summed E-state index contributed by atoms with van der Waals surface area (Å²) >= 11 is 0. The molecule has 2 rings (SSSR count). The van der Waals surface area contributed by atoms with Gasteiger partial charge >= 0.3 is 0 Å². The van der Waals surface area contributed by atoms with Gasteiger partial charge in [0.05, 0.1) is 35.5 Å². The number of aliphatic hydroxyl groups excluding tert-OH is 1. The summed E-state index contributed by atoms with van der Waals surface area (Å²) in [5.41, 5.74) is -0.00747. The van der Waals surface area contributed by atoms with E-state index in [1.165, 1.54) is 18.2 Å². The Morgan fingerprint density at radius 2 is 1.93 bits per heavy atom. The van der Waals surface area contributed by atoms with Gasteiger partial charge in [-0.2, -0.15) is 5.26 Å². The molecule has 1 aromatic carbocycles. The predicted molar refractivity (Wildman–Crippen MR) is 101 cm³/mol. The van der Waals surface area contributed by atoms with Crippen LogP contribution >= 0.6 is 0 Å². The highest BCUT2D eigenvalue weighted by Crippen LogP contribution is 2.28. The lowest BCUT2D eigenvalue weighted by Crippen LogP contribution is -2.49. The maximum Gasteiger partial charge on any atom is 0.271 e. The molecule has 1 aromatic rings. The van der Waals surface area contributed by atoms with Crippen LogP contribution in [-0.4, -0.2) is 41.2 Å². The number of nitro benzene ring substituents is 1. The van der Waals surface area contributed by atoms with Crippen molar-refractivity contribution in [3.63, 3.8) is 0 Å². The van der Waals surface area contributed by atoms with E-state index in [9.17, 15) is 20.2 Å². The number of hydrogen-bond donors (Lipinski definition) is 4. The van der Waals surface area contributed by atoms with Gasteiger partial charge in [0.2, 0.25) is 5.91 Å². The van der Waals surface area contributed by atoms with E-state index in [0.717, 1.165) is 25.7 Å². The lowest BCUT2D eigenvalue weighted by Gasteiger charge is -2.26. The molecule has 0 aromatic heterocycles. The maximum atomic E-state index is 12.4. The van der Waals surface area contributed by atoms with Crippen LogP contribution in [0.1, 0.15) is 38.5 Å². The van der Waals surface area contributed by atoms with Crippen LogP contribution in [0, 0.1) is 21.4 Å². The third kappa shape index (κ3) is 5.82. The van der Waals surface area contributed by atoms with Crippen molar-refractivity contribution in [1.82, 2.24) is 5.32 Å². The number of nitro groups is 1. The van der Waals surface area contributed by atoms with Crippen LogP contribution in [-0.2, 0) is 4.79 Å². The molecule has 1 amide bonds. The maximum absolute atomic E-state index is 12.4. The molecular weight excluding hydrogens is 350 g/mol. The number of carbonyl (C=O) groups excluding carboxylic acids is 1. The van der Waals surface area contributed by atoms with E-state index >= 15 is 0 Å². The van der Waals surface area contributed by atoms with Crippen molar-refractivity contribution in [2.75, 3.05) is 30.3 Å². The summed E-state index contributed by atoms with van der Waals surface area (Å²) in [7, 11) is 0. The third-order valence-electron chi connectivity index (χ3n) is 4.63. The van der Waals surface area contributed by atoms with Gasteiger partial charge in [-0.25, -0.2) is 0 Å². The number of benzene rings is 1. The van der Waals surface area contributed by atoms with Gasteiger partial charge in [-0.1, -0.05) is 25.7 Å². The van der Waals surface area contributed by atoms with Crippen molar-refractivity contribution in [2.24, 2.45) is 0 Å². The molecule has 9 heteroatoms. The van der Waals surface area contributed by atoms with Gasteiger partial charge in [0, 0.05) is 18.7 Å². The molecule has 0 atom stereocenters. The summed E-state index contributed by atoms with van der Waals surface area (Å²) in [5, 5.41) is 38.2. The zero-order chi connectivity index (χ0) is 19.7. The molecule has 27 heavy (non-hydrogen) atoms. The zero-order valence-corrected chi connectivity index (χ0v) is 15.2. The van der Waals surface area contributed by atoms with Gasteiger partial charge in [0.1, 0.15) is 5.54 Å². The van der Waals surface area contributed by atoms with Gasteiger partial charge in [0.25, 0.3) is 5.69 Å². The molecule has 146 valence electrons. The first-order valence-electron chi connectivity index (χ1n) is 9.09. The molecule has 0 unspecified atom stereocenters. The summed E-state index contributed by atoms with van der Waals surface area (Å²) in [5.74, 6) is -0.335. The molecule has 0 aliphatic heterocycles. The Kier molecular flexibility index (Phi) is 7.37. The largest absolute Gasteiger partial charge is 0.395 e. The van der Waals surface area contributed by atoms with Crippen LogP contribution in [0.2, 0.25) is 0 Å². The van der Waals surface area contributed by atoms with Gasteiger partial charge in [-0.3, -0.25) is 14.9 Å². The van der Waals surface area contributed by atoms with E-state index in [-0.39, 0.29) is 31.3 Å². The van der Waals surface area contributed by atoms with Gasteiger partial charge in [-0.05, 0) is 18.9 Å². The molecule has 0 spiro atoms. The fourth-order valence-corrected chi connectivity index (χ4v) is 3.22. The number of nitrogens with one attached hydrogen (secondary N) is 3. The molecule has 1 aliphatic rings. The van der Waals surface area contributed by atoms with Crippen LogP contribution in [0.25, 0.3) is 0 Å². The van der Waals surface area contributed by atoms with Crippen LogP contribution in [0.15, 0.2) is 18.2 Å². The number of non-ortho nitro benzene ring substituents is 1. The minimum atomic E-state index is -0.837. The summed E-state index contributed by atoms with van der Waals surface area (Å²) in [6.07, 6.45) is 5.20. The monoisotopic (exact) mass is 375 g/mol.